The lowest BCUT2D eigenvalue weighted by molar-refractivity contribution is -0.143. The first-order valence-corrected chi connectivity index (χ1v) is 25.5. The second-order valence-electron chi connectivity index (χ2n) is 18.8. The van der Waals surface area contributed by atoms with E-state index in [1.54, 1.807) is 7.11 Å². The number of hydrogen-bond acceptors (Lipinski definition) is 9. The fourth-order valence-electron chi connectivity index (χ4n) is 7.36. The molecule has 3 rings (SSSR count). The number of esters is 1. The van der Waals surface area contributed by atoms with Crippen molar-refractivity contribution in [2.45, 2.75) is 191 Å². The molecule has 300 valence electrons. The Kier molecular flexibility index (Phi) is 16.2. The van der Waals surface area contributed by atoms with Crippen molar-refractivity contribution in [3.05, 3.63) is 24.3 Å². The highest BCUT2D eigenvalue weighted by Crippen LogP contribution is 2.44. The Labute approximate surface area is 318 Å². The number of carbonyl (C=O) groups is 2. The first-order valence-electron chi connectivity index (χ1n) is 19.7. The minimum Gasteiger partial charge on any atom is -0.469 e. The fourth-order valence-corrected chi connectivity index (χ4v) is 9.74. The molecule has 0 aromatic carbocycles. The number of ether oxygens (including phenoxy) is 5. The van der Waals surface area contributed by atoms with E-state index in [4.69, 9.17) is 32.5 Å². The first kappa shape index (κ1) is 45.2. The van der Waals surface area contributed by atoms with Crippen LogP contribution in [0.1, 0.15) is 106 Å². The lowest BCUT2D eigenvalue weighted by Gasteiger charge is -2.42. The molecule has 0 aromatic heterocycles. The van der Waals surface area contributed by atoms with Gasteiger partial charge >= 0.3 is 5.97 Å². The Balaban J connectivity index is 1.80. The maximum atomic E-state index is 12.8. The Morgan fingerprint density at radius 2 is 1.54 bits per heavy atom. The topological polar surface area (TPSA) is 98.8 Å². The van der Waals surface area contributed by atoms with Gasteiger partial charge in [-0.05, 0) is 85.4 Å². The molecule has 0 bridgehead atoms. The molecule has 0 radical (unpaired) electrons. The molecule has 0 spiro atoms. The molecule has 10 atom stereocenters. The van der Waals surface area contributed by atoms with E-state index in [2.05, 4.69) is 87.8 Å². The van der Waals surface area contributed by atoms with Gasteiger partial charge in [0.15, 0.2) is 16.6 Å². The highest BCUT2D eigenvalue weighted by atomic mass is 28.4. The molecule has 0 aliphatic carbocycles. The lowest BCUT2D eigenvalue weighted by atomic mass is 9.82. The van der Waals surface area contributed by atoms with Gasteiger partial charge in [-0.3, -0.25) is 4.79 Å². The molecule has 0 saturated carbocycles. The second-order valence-corrected chi connectivity index (χ2v) is 28.4. The fraction of sp³-hybridized carbons (Fsp3) is 0.854. The van der Waals surface area contributed by atoms with E-state index < -0.39 is 16.6 Å². The molecule has 9 nitrogen and oxygen atoms in total. The van der Waals surface area contributed by atoms with Crippen LogP contribution in [0.5, 0.6) is 0 Å². The maximum Gasteiger partial charge on any atom is 0.305 e. The number of rotatable bonds is 18. The van der Waals surface area contributed by atoms with Crippen molar-refractivity contribution in [3.8, 4) is 0 Å². The quantitative estimate of drug-likeness (QED) is 0.0586. The van der Waals surface area contributed by atoms with Crippen LogP contribution in [0.25, 0.3) is 0 Å². The summed E-state index contributed by atoms with van der Waals surface area (Å²) >= 11 is 0. The minimum absolute atomic E-state index is 0.00735. The summed E-state index contributed by atoms with van der Waals surface area (Å²) in [6.45, 7) is 34.1. The number of aldehydes is 1. The summed E-state index contributed by atoms with van der Waals surface area (Å²) in [6.07, 6.45) is 5.72. The van der Waals surface area contributed by atoms with Crippen molar-refractivity contribution >= 4 is 28.9 Å². The third-order valence-corrected chi connectivity index (χ3v) is 21.9. The van der Waals surface area contributed by atoms with Gasteiger partial charge in [0.1, 0.15) is 6.29 Å². The predicted molar refractivity (Wildman–Crippen MR) is 213 cm³/mol. The normalized spacial score (nSPS) is 31.2. The molecular formula is C41H74O9Si2. The van der Waals surface area contributed by atoms with Gasteiger partial charge in [-0.1, -0.05) is 61.6 Å². The van der Waals surface area contributed by atoms with Gasteiger partial charge in [-0.15, -0.1) is 0 Å². The van der Waals surface area contributed by atoms with Gasteiger partial charge in [-0.25, -0.2) is 0 Å². The third kappa shape index (κ3) is 11.9. The monoisotopic (exact) mass is 766 g/mol. The predicted octanol–water partition coefficient (Wildman–Crippen LogP) is 8.96. The summed E-state index contributed by atoms with van der Waals surface area (Å²) < 4.78 is 45.2. The minimum atomic E-state index is -2.17. The zero-order valence-corrected chi connectivity index (χ0v) is 37.0. The van der Waals surface area contributed by atoms with E-state index in [1.807, 2.05) is 0 Å². The molecule has 3 unspecified atom stereocenters. The van der Waals surface area contributed by atoms with E-state index in [0.29, 0.717) is 25.9 Å². The van der Waals surface area contributed by atoms with Crippen LogP contribution in [0.4, 0.5) is 0 Å². The van der Waals surface area contributed by atoms with Crippen molar-refractivity contribution in [1.82, 2.24) is 0 Å². The van der Waals surface area contributed by atoms with E-state index in [9.17, 15) is 9.59 Å². The Bertz CT molecular complexity index is 1210. The number of carbonyl (C=O) groups excluding carboxylic acids is 2. The van der Waals surface area contributed by atoms with Crippen LogP contribution < -0.4 is 0 Å². The van der Waals surface area contributed by atoms with Crippen molar-refractivity contribution in [2.24, 2.45) is 11.8 Å². The third-order valence-electron chi connectivity index (χ3n) is 12.8. The van der Waals surface area contributed by atoms with Gasteiger partial charge in [0, 0.05) is 32.3 Å². The standard InChI is InChI=1S/C41H74O9Si2/c1-27-21-31(18-19-34-28(2)22-30(47-34)17-16-20-42)48-35(29(27)3)25-36-33(24-38(43)44-10)39(45-11)37(49-36)23-32(50-52(14,15)41(7,8)9)26-46-51(12,13)40(4,5)6/h20,27,30-37,39H,2-3,16-19,21-26H2,1,4-15H3/t27-,30?,31+,32?,33+,34?,35-,36+,37-,39-/m1/s1. The van der Waals surface area contributed by atoms with E-state index >= 15 is 0 Å². The molecule has 3 aliphatic heterocycles. The van der Waals surface area contributed by atoms with Gasteiger partial charge in [0.25, 0.3) is 0 Å². The number of methoxy groups -OCH3 is 2. The highest BCUT2D eigenvalue weighted by Gasteiger charge is 2.50. The van der Waals surface area contributed by atoms with Gasteiger partial charge in [0.05, 0.1) is 69.0 Å². The molecule has 0 aromatic rings. The summed E-state index contributed by atoms with van der Waals surface area (Å²) in [6, 6.07) is 0. The van der Waals surface area contributed by atoms with Gasteiger partial charge in [-0.2, -0.15) is 0 Å². The smallest absolute Gasteiger partial charge is 0.305 e. The van der Waals surface area contributed by atoms with Gasteiger partial charge in [0.2, 0.25) is 0 Å². The Morgan fingerprint density at radius 1 is 0.904 bits per heavy atom. The summed E-state index contributed by atoms with van der Waals surface area (Å²) in [5.74, 6) is -0.224. The molecule has 11 heteroatoms. The van der Waals surface area contributed by atoms with Gasteiger partial charge < -0.3 is 37.3 Å². The first-order chi connectivity index (χ1) is 24.0. The SMILES string of the molecule is C=C1CC(CCC=O)OC1CC[C@H]1C[C@@H](C)C(=C)[C@@H](C[C@@H]2O[C@H](CC(CO[Si](C)(C)C(C)(C)C)O[Si](C)(C)C(C)(C)C)[C@H](OC)[C@H]2CC(=O)OC)O1. The van der Waals surface area contributed by atoms with Crippen molar-refractivity contribution in [1.29, 1.82) is 0 Å². The van der Waals surface area contributed by atoms with Crippen molar-refractivity contribution in [3.63, 3.8) is 0 Å². The molecule has 3 saturated heterocycles. The molecule has 52 heavy (non-hydrogen) atoms. The maximum absolute atomic E-state index is 12.8. The van der Waals surface area contributed by atoms with Crippen LogP contribution in [0.15, 0.2) is 24.3 Å². The summed E-state index contributed by atoms with van der Waals surface area (Å²) in [5, 5.41) is 0.0929. The second kappa shape index (κ2) is 18.6. The van der Waals surface area contributed by atoms with Crippen LogP contribution >= 0.6 is 0 Å². The zero-order valence-electron chi connectivity index (χ0n) is 35.0. The van der Waals surface area contributed by atoms with Crippen LogP contribution in [-0.2, 0) is 42.1 Å². The summed E-state index contributed by atoms with van der Waals surface area (Å²) in [5.41, 5.74) is 2.17. The van der Waals surface area contributed by atoms with Crippen molar-refractivity contribution in [2.75, 3.05) is 20.8 Å². The number of hydrogen-bond donors (Lipinski definition) is 0. The molecule has 0 amide bonds. The average Bonchev–Trinajstić information content (AvgIpc) is 3.56. The zero-order chi connectivity index (χ0) is 39.2. The molecule has 3 aliphatic rings. The average molecular weight is 767 g/mol. The largest absolute Gasteiger partial charge is 0.469 e. The van der Waals surface area contributed by atoms with Crippen LogP contribution in [0.2, 0.25) is 36.3 Å². The Hall–Kier alpha value is -1.19. The van der Waals surface area contributed by atoms with E-state index in [1.165, 1.54) is 7.11 Å². The van der Waals surface area contributed by atoms with E-state index in [0.717, 1.165) is 49.5 Å². The van der Waals surface area contributed by atoms with E-state index in [-0.39, 0.29) is 83.1 Å². The summed E-state index contributed by atoms with van der Waals surface area (Å²) in [4.78, 5) is 23.7. The van der Waals surface area contributed by atoms with Crippen LogP contribution in [0.3, 0.4) is 0 Å². The van der Waals surface area contributed by atoms with Crippen molar-refractivity contribution < 1.29 is 42.1 Å². The lowest BCUT2D eigenvalue weighted by Crippen LogP contribution is -2.49. The molecular weight excluding hydrogens is 693 g/mol. The summed E-state index contributed by atoms with van der Waals surface area (Å²) in [7, 11) is -1.08. The molecule has 3 heterocycles. The Morgan fingerprint density at radius 3 is 2.12 bits per heavy atom. The molecule has 0 N–H and O–H groups in total. The molecule has 3 fully saturated rings. The van der Waals surface area contributed by atoms with Crippen LogP contribution in [0, 0.1) is 11.8 Å². The highest BCUT2D eigenvalue weighted by molar-refractivity contribution is 6.74. The van der Waals surface area contributed by atoms with Crippen LogP contribution in [-0.4, -0.2) is 98.5 Å².